The van der Waals surface area contributed by atoms with Crippen molar-refractivity contribution < 1.29 is 9.31 Å². The average Bonchev–Trinajstić information content (AvgIpc) is 2.40. The van der Waals surface area contributed by atoms with E-state index >= 15 is 0 Å². The van der Waals surface area contributed by atoms with E-state index in [-0.39, 0.29) is 11.3 Å². The molecule has 100 valence electrons. The molecule has 0 radical (unpaired) electrons. The number of nitro groups is 1. The van der Waals surface area contributed by atoms with Crippen LogP contribution in [0.4, 0.5) is 21.5 Å². The maximum Gasteiger partial charge on any atom is 0.282 e. The van der Waals surface area contributed by atoms with Crippen LogP contribution in [0.15, 0.2) is 36.4 Å². The summed E-state index contributed by atoms with van der Waals surface area (Å²) < 4.78 is 13.5. The van der Waals surface area contributed by atoms with Crippen molar-refractivity contribution in [1.82, 2.24) is 0 Å². The van der Waals surface area contributed by atoms with E-state index in [4.69, 9.17) is 5.26 Å². The molecule has 20 heavy (non-hydrogen) atoms. The standard InChI is InChI=1S/C13H7FIN3O2/c14-9-1-3-12(8(5-9)7-16)17-10-2-4-13(18(19)20)11(15)6-10/h1-6,17H. The molecule has 0 bridgehead atoms. The van der Waals surface area contributed by atoms with E-state index in [2.05, 4.69) is 5.32 Å². The number of nitrogens with zero attached hydrogens (tertiary/aromatic N) is 2. The lowest BCUT2D eigenvalue weighted by molar-refractivity contribution is -0.385. The average molecular weight is 383 g/mol. The van der Waals surface area contributed by atoms with Gasteiger partial charge in [-0.3, -0.25) is 10.1 Å². The molecular weight excluding hydrogens is 376 g/mol. The summed E-state index contributed by atoms with van der Waals surface area (Å²) >= 11 is 1.86. The first kappa shape index (κ1) is 14.2. The van der Waals surface area contributed by atoms with Gasteiger partial charge in [0.25, 0.3) is 5.69 Å². The third-order valence-electron chi connectivity index (χ3n) is 2.53. The number of hydrogen-bond acceptors (Lipinski definition) is 4. The molecule has 0 saturated carbocycles. The lowest BCUT2D eigenvalue weighted by Gasteiger charge is -2.08. The Morgan fingerprint density at radius 2 is 2.05 bits per heavy atom. The molecule has 0 fully saturated rings. The van der Waals surface area contributed by atoms with Crippen molar-refractivity contribution in [3.05, 3.63) is 61.5 Å². The zero-order valence-corrected chi connectivity index (χ0v) is 12.1. The van der Waals surface area contributed by atoms with Gasteiger partial charge in [-0.25, -0.2) is 4.39 Å². The monoisotopic (exact) mass is 383 g/mol. The second kappa shape index (κ2) is 5.83. The Kier molecular flexibility index (Phi) is 4.14. The van der Waals surface area contributed by atoms with Gasteiger partial charge >= 0.3 is 0 Å². The smallest absolute Gasteiger partial charge is 0.282 e. The molecule has 0 aliphatic heterocycles. The van der Waals surface area contributed by atoms with Gasteiger partial charge in [0.05, 0.1) is 19.7 Å². The van der Waals surface area contributed by atoms with E-state index in [9.17, 15) is 14.5 Å². The van der Waals surface area contributed by atoms with Gasteiger partial charge < -0.3 is 5.32 Å². The Morgan fingerprint density at radius 3 is 2.65 bits per heavy atom. The topological polar surface area (TPSA) is 79.0 Å². The highest BCUT2D eigenvalue weighted by molar-refractivity contribution is 14.1. The molecule has 2 aromatic rings. The summed E-state index contributed by atoms with van der Waals surface area (Å²) in [6, 6.07) is 10.2. The van der Waals surface area contributed by atoms with Crippen LogP contribution in [0.5, 0.6) is 0 Å². The van der Waals surface area contributed by atoms with E-state index in [1.54, 1.807) is 6.07 Å². The first-order chi connectivity index (χ1) is 9.51. The number of rotatable bonds is 3. The summed E-state index contributed by atoms with van der Waals surface area (Å²) in [6.07, 6.45) is 0. The minimum Gasteiger partial charge on any atom is -0.354 e. The van der Waals surface area contributed by atoms with Crippen molar-refractivity contribution in [3.8, 4) is 6.07 Å². The number of hydrogen-bond donors (Lipinski definition) is 1. The van der Waals surface area contributed by atoms with Crippen LogP contribution in [0.3, 0.4) is 0 Å². The van der Waals surface area contributed by atoms with Crippen LogP contribution in [0.25, 0.3) is 0 Å². The number of nitrogens with one attached hydrogen (secondary N) is 1. The first-order valence-electron chi connectivity index (χ1n) is 5.42. The molecule has 0 saturated heterocycles. The molecule has 0 amide bonds. The van der Waals surface area contributed by atoms with E-state index < -0.39 is 10.7 Å². The minimum atomic E-state index is -0.495. The summed E-state index contributed by atoms with van der Waals surface area (Å²) in [5.74, 6) is -0.495. The summed E-state index contributed by atoms with van der Waals surface area (Å²) in [6.45, 7) is 0. The molecule has 0 heterocycles. The van der Waals surface area contributed by atoms with Crippen molar-refractivity contribution in [2.24, 2.45) is 0 Å². The van der Waals surface area contributed by atoms with Gasteiger partial charge in [0.2, 0.25) is 0 Å². The number of nitriles is 1. The van der Waals surface area contributed by atoms with Crippen LogP contribution in [0, 0.1) is 30.8 Å². The van der Waals surface area contributed by atoms with Gasteiger partial charge in [0.15, 0.2) is 0 Å². The normalized spacial score (nSPS) is 9.85. The van der Waals surface area contributed by atoms with E-state index in [1.165, 1.54) is 24.3 Å². The Morgan fingerprint density at radius 1 is 1.30 bits per heavy atom. The van der Waals surface area contributed by atoms with Crippen molar-refractivity contribution in [1.29, 1.82) is 5.26 Å². The first-order valence-corrected chi connectivity index (χ1v) is 6.50. The fraction of sp³-hybridized carbons (Fsp3) is 0. The molecule has 0 aliphatic rings. The maximum atomic E-state index is 13.0. The largest absolute Gasteiger partial charge is 0.354 e. The highest BCUT2D eigenvalue weighted by atomic mass is 127. The fourth-order valence-electron chi connectivity index (χ4n) is 1.61. The molecule has 2 aromatic carbocycles. The minimum absolute atomic E-state index is 0.00997. The Balaban J connectivity index is 2.34. The fourth-order valence-corrected chi connectivity index (χ4v) is 2.32. The molecule has 1 N–H and O–H groups in total. The maximum absolute atomic E-state index is 13.0. The van der Waals surface area contributed by atoms with Crippen LogP contribution in [0.1, 0.15) is 5.56 Å². The zero-order chi connectivity index (χ0) is 14.7. The predicted molar refractivity (Wildman–Crippen MR) is 80.2 cm³/mol. The van der Waals surface area contributed by atoms with Crippen molar-refractivity contribution >= 4 is 39.7 Å². The zero-order valence-electron chi connectivity index (χ0n) is 9.93. The molecule has 7 heteroatoms. The highest BCUT2D eigenvalue weighted by Gasteiger charge is 2.12. The van der Waals surface area contributed by atoms with E-state index in [0.717, 1.165) is 6.07 Å². The SMILES string of the molecule is N#Cc1cc(F)ccc1Nc1ccc([N+](=O)[O-])c(I)c1. The lowest BCUT2D eigenvalue weighted by Crippen LogP contribution is -1.97. The third kappa shape index (κ3) is 3.03. The third-order valence-corrected chi connectivity index (χ3v) is 3.39. The van der Waals surface area contributed by atoms with Crippen molar-refractivity contribution in [3.63, 3.8) is 0 Å². The highest BCUT2D eigenvalue weighted by Crippen LogP contribution is 2.27. The number of halogens is 2. The van der Waals surface area contributed by atoms with Gasteiger partial charge in [0, 0.05) is 11.8 Å². The molecule has 0 aliphatic carbocycles. The molecule has 0 aromatic heterocycles. The molecule has 0 unspecified atom stereocenters. The lowest BCUT2D eigenvalue weighted by atomic mass is 10.2. The molecule has 2 rings (SSSR count). The van der Waals surface area contributed by atoms with Gasteiger partial charge in [-0.05, 0) is 52.9 Å². The number of nitro benzene ring substituents is 1. The van der Waals surface area contributed by atoms with Gasteiger partial charge in [0.1, 0.15) is 11.9 Å². The molecular formula is C13H7FIN3O2. The Labute approximate surface area is 127 Å². The van der Waals surface area contributed by atoms with Crippen LogP contribution >= 0.6 is 22.6 Å². The van der Waals surface area contributed by atoms with Crippen LogP contribution in [-0.2, 0) is 0 Å². The van der Waals surface area contributed by atoms with E-state index in [1.807, 2.05) is 28.7 Å². The van der Waals surface area contributed by atoms with Gasteiger partial charge in [-0.1, -0.05) is 0 Å². The van der Waals surface area contributed by atoms with Gasteiger partial charge in [-0.15, -0.1) is 0 Å². The van der Waals surface area contributed by atoms with Crippen LogP contribution in [0.2, 0.25) is 0 Å². The Hall–Kier alpha value is -2.21. The second-order valence-corrected chi connectivity index (χ2v) is 5.01. The molecule has 5 nitrogen and oxygen atoms in total. The Bertz CT molecular complexity index is 728. The van der Waals surface area contributed by atoms with Gasteiger partial charge in [-0.2, -0.15) is 5.26 Å². The summed E-state index contributed by atoms with van der Waals surface area (Å²) in [5.41, 5.74) is 1.20. The molecule has 0 spiro atoms. The summed E-state index contributed by atoms with van der Waals surface area (Å²) in [4.78, 5) is 10.3. The number of benzene rings is 2. The van der Waals surface area contributed by atoms with E-state index in [0.29, 0.717) is 14.9 Å². The quantitative estimate of drug-likeness (QED) is 0.495. The number of anilines is 2. The second-order valence-electron chi connectivity index (χ2n) is 3.85. The van der Waals surface area contributed by atoms with Crippen molar-refractivity contribution in [2.75, 3.05) is 5.32 Å². The van der Waals surface area contributed by atoms with Crippen LogP contribution < -0.4 is 5.32 Å². The van der Waals surface area contributed by atoms with Crippen LogP contribution in [-0.4, -0.2) is 4.92 Å². The summed E-state index contributed by atoms with van der Waals surface area (Å²) in [7, 11) is 0. The molecule has 0 atom stereocenters. The summed E-state index contributed by atoms with van der Waals surface area (Å²) in [5, 5.41) is 22.6. The predicted octanol–water partition coefficient (Wildman–Crippen LogP) is 3.95. The van der Waals surface area contributed by atoms with Crippen molar-refractivity contribution in [2.45, 2.75) is 0 Å².